The zero-order valence-corrected chi connectivity index (χ0v) is 16.2. The lowest BCUT2D eigenvalue weighted by molar-refractivity contribution is -0.145. The summed E-state index contributed by atoms with van der Waals surface area (Å²) < 4.78 is 5.17. The number of carbonyl (C=O) groups is 3. The van der Waals surface area contributed by atoms with Crippen LogP contribution in [0.5, 0.6) is 0 Å². The van der Waals surface area contributed by atoms with E-state index in [0.717, 1.165) is 6.42 Å². The Morgan fingerprint density at radius 3 is 2.63 bits per heavy atom. The van der Waals surface area contributed by atoms with Crippen LogP contribution in [0.15, 0.2) is 4.52 Å². The zero-order chi connectivity index (χ0) is 20.0. The molecule has 1 fully saturated rings. The van der Waals surface area contributed by atoms with Gasteiger partial charge in [-0.05, 0) is 19.3 Å². The van der Waals surface area contributed by atoms with E-state index >= 15 is 0 Å². The van der Waals surface area contributed by atoms with Crippen LogP contribution in [0.3, 0.4) is 0 Å². The summed E-state index contributed by atoms with van der Waals surface area (Å²) in [7, 11) is 0. The van der Waals surface area contributed by atoms with Gasteiger partial charge in [-0.2, -0.15) is 4.98 Å². The number of likely N-dealkylation sites (tertiary alicyclic amines) is 1. The fraction of sp³-hybridized carbons (Fsp3) is 0.722. The molecule has 9 heteroatoms. The predicted octanol–water partition coefficient (Wildman–Crippen LogP) is 1.44. The monoisotopic (exact) mass is 380 g/mol. The first-order valence-electron chi connectivity index (χ1n) is 9.37. The van der Waals surface area contributed by atoms with E-state index in [1.54, 1.807) is 4.90 Å². The molecule has 1 unspecified atom stereocenters. The minimum atomic E-state index is -1.03. The molecule has 1 aliphatic rings. The summed E-state index contributed by atoms with van der Waals surface area (Å²) in [5.74, 6) is 0.00679. The number of carbonyl (C=O) groups excluding carboxylic acids is 2. The van der Waals surface area contributed by atoms with E-state index in [1.807, 2.05) is 13.8 Å². The van der Waals surface area contributed by atoms with Crippen LogP contribution >= 0.6 is 0 Å². The number of aliphatic carboxylic acids is 1. The molecule has 150 valence electrons. The third-order valence-corrected chi connectivity index (χ3v) is 4.75. The van der Waals surface area contributed by atoms with E-state index in [4.69, 9.17) is 9.63 Å². The fourth-order valence-corrected chi connectivity index (χ4v) is 3.26. The van der Waals surface area contributed by atoms with Crippen LogP contribution in [0.25, 0.3) is 0 Å². The Morgan fingerprint density at radius 2 is 2.04 bits per heavy atom. The maximum absolute atomic E-state index is 12.5. The second-order valence-electron chi connectivity index (χ2n) is 7.21. The molecule has 0 radical (unpaired) electrons. The first-order chi connectivity index (χ1) is 12.8. The second kappa shape index (κ2) is 9.48. The van der Waals surface area contributed by atoms with Gasteiger partial charge < -0.3 is 19.4 Å². The molecule has 2 amide bonds. The standard InChI is InChI=1S/C18H28N4O5/c1-12(2)18-19-15(27-20-18)6-7-16(24)21-9-4-5-14(8-10-21)22(13(3)23)11-17(25)26/h12,14H,4-11H2,1-3H3,(H,25,26). The maximum atomic E-state index is 12.5. The van der Waals surface area contributed by atoms with Crippen LogP contribution < -0.4 is 0 Å². The van der Waals surface area contributed by atoms with Gasteiger partial charge in [-0.25, -0.2) is 0 Å². The van der Waals surface area contributed by atoms with Gasteiger partial charge in [0.05, 0.1) is 0 Å². The van der Waals surface area contributed by atoms with Crippen LogP contribution in [-0.2, 0) is 20.8 Å². The number of nitrogens with zero attached hydrogens (tertiary/aromatic N) is 4. The molecule has 9 nitrogen and oxygen atoms in total. The molecule has 0 bridgehead atoms. The predicted molar refractivity (Wildman–Crippen MR) is 95.9 cm³/mol. The van der Waals surface area contributed by atoms with Gasteiger partial charge in [0, 0.05) is 44.8 Å². The zero-order valence-electron chi connectivity index (χ0n) is 16.2. The summed E-state index contributed by atoms with van der Waals surface area (Å²) in [5.41, 5.74) is 0. The minimum Gasteiger partial charge on any atom is -0.480 e. The van der Waals surface area contributed by atoms with Gasteiger partial charge in [0.25, 0.3) is 0 Å². The van der Waals surface area contributed by atoms with Crippen molar-refractivity contribution in [1.82, 2.24) is 19.9 Å². The Bertz CT molecular complexity index is 672. The molecule has 0 saturated carbocycles. The summed E-state index contributed by atoms with van der Waals surface area (Å²) in [4.78, 5) is 42.7. The topological polar surface area (TPSA) is 117 Å². The van der Waals surface area contributed by atoms with E-state index in [9.17, 15) is 14.4 Å². The number of amides is 2. The number of aromatic nitrogens is 2. The first-order valence-corrected chi connectivity index (χ1v) is 9.37. The molecule has 1 N–H and O–H groups in total. The average Bonchev–Trinajstić information content (AvgIpc) is 2.94. The van der Waals surface area contributed by atoms with Crippen molar-refractivity contribution >= 4 is 17.8 Å². The van der Waals surface area contributed by atoms with Crippen molar-refractivity contribution < 1.29 is 24.0 Å². The van der Waals surface area contributed by atoms with E-state index in [1.165, 1.54) is 11.8 Å². The second-order valence-corrected chi connectivity index (χ2v) is 7.21. The third-order valence-electron chi connectivity index (χ3n) is 4.75. The van der Waals surface area contributed by atoms with Crippen molar-refractivity contribution in [2.75, 3.05) is 19.6 Å². The van der Waals surface area contributed by atoms with E-state index in [0.29, 0.717) is 44.1 Å². The molecular formula is C18H28N4O5. The highest BCUT2D eigenvalue weighted by atomic mass is 16.5. The number of carboxylic acids is 1. The van der Waals surface area contributed by atoms with Crippen molar-refractivity contribution in [3.05, 3.63) is 11.7 Å². The number of carboxylic acid groups (broad SMARTS) is 1. The molecule has 27 heavy (non-hydrogen) atoms. The van der Waals surface area contributed by atoms with Gasteiger partial charge >= 0.3 is 5.97 Å². The van der Waals surface area contributed by atoms with E-state index in [-0.39, 0.29) is 36.7 Å². The summed E-state index contributed by atoms with van der Waals surface area (Å²) >= 11 is 0. The molecule has 2 rings (SSSR count). The molecule has 0 spiro atoms. The highest BCUT2D eigenvalue weighted by molar-refractivity contribution is 5.80. The summed E-state index contributed by atoms with van der Waals surface area (Å²) in [5, 5.41) is 12.9. The summed E-state index contributed by atoms with van der Waals surface area (Å²) in [6.07, 6.45) is 2.69. The molecule has 0 aliphatic carbocycles. The molecule has 1 saturated heterocycles. The normalized spacial score (nSPS) is 17.6. The first kappa shape index (κ1) is 20.9. The van der Waals surface area contributed by atoms with Crippen LogP contribution in [0, 0.1) is 0 Å². The number of hydrogen-bond donors (Lipinski definition) is 1. The van der Waals surface area contributed by atoms with Gasteiger partial charge in [0.2, 0.25) is 17.7 Å². The molecule has 1 aromatic heterocycles. The van der Waals surface area contributed by atoms with Crippen LogP contribution in [-0.4, -0.2) is 68.5 Å². The Hall–Kier alpha value is -2.45. The lowest BCUT2D eigenvalue weighted by atomic mass is 10.1. The molecule has 1 aliphatic heterocycles. The van der Waals surface area contributed by atoms with Crippen molar-refractivity contribution in [2.24, 2.45) is 0 Å². The largest absolute Gasteiger partial charge is 0.480 e. The van der Waals surface area contributed by atoms with Gasteiger partial charge in [0.1, 0.15) is 6.54 Å². The maximum Gasteiger partial charge on any atom is 0.323 e. The molecule has 0 aromatic carbocycles. The summed E-state index contributed by atoms with van der Waals surface area (Å²) in [6.45, 7) is 6.14. The third kappa shape index (κ3) is 6.04. The van der Waals surface area contributed by atoms with Crippen molar-refractivity contribution in [3.8, 4) is 0 Å². The lowest BCUT2D eigenvalue weighted by Gasteiger charge is -2.28. The highest BCUT2D eigenvalue weighted by Gasteiger charge is 2.27. The van der Waals surface area contributed by atoms with Crippen molar-refractivity contribution in [2.45, 2.75) is 64.8 Å². The molecule has 1 atom stereocenters. The quantitative estimate of drug-likeness (QED) is 0.760. The Morgan fingerprint density at radius 1 is 1.30 bits per heavy atom. The summed E-state index contributed by atoms with van der Waals surface area (Å²) in [6, 6.07) is -0.152. The highest BCUT2D eigenvalue weighted by Crippen LogP contribution is 2.18. The number of rotatable bonds is 7. The van der Waals surface area contributed by atoms with Crippen LogP contribution in [0.2, 0.25) is 0 Å². The number of hydrogen-bond acceptors (Lipinski definition) is 6. The number of aryl methyl sites for hydroxylation is 1. The molecule has 1 aromatic rings. The Balaban J connectivity index is 1.87. The van der Waals surface area contributed by atoms with Crippen LogP contribution in [0.4, 0.5) is 0 Å². The van der Waals surface area contributed by atoms with E-state index < -0.39 is 5.97 Å². The lowest BCUT2D eigenvalue weighted by Crippen LogP contribution is -2.43. The van der Waals surface area contributed by atoms with Crippen molar-refractivity contribution in [3.63, 3.8) is 0 Å². The van der Waals surface area contributed by atoms with E-state index in [2.05, 4.69) is 10.1 Å². The van der Waals surface area contributed by atoms with Crippen LogP contribution in [0.1, 0.15) is 64.1 Å². The van der Waals surface area contributed by atoms with Gasteiger partial charge in [0.15, 0.2) is 5.82 Å². The Labute approximate surface area is 158 Å². The fourth-order valence-electron chi connectivity index (χ4n) is 3.26. The van der Waals surface area contributed by atoms with Gasteiger partial charge in [-0.1, -0.05) is 19.0 Å². The minimum absolute atomic E-state index is 0.00700. The Kier molecular flexibility index (Phi) is 7.32. The molecular weight excluding hydrogens is 352 g/mol. The molecule has 2 heterocycles. The van der Waals surface area contributed by atoms with Crippen molar-refractivity contribution in [1.29, 1.82) is 0 Å². The van der Waals surface area contributed by atoms with Gasteiger partial charge in [-0.15, -0.1) is 0 Å². The van der Waals surface area contributed by atoms with Gasteiger partial charge in [-0.3, -0.25) is 14.4 Å². The smallest absolute Gasteiger partial charge is 0.323 e. The SMILES string of the molecule is CC(=O)N(CC(=O)O)C1CCCN(C(=O)CCc2nc(C(C)C)no2)CC1. The average molecular weight is 380 g/mol.